The molecule has 0 bridgehead atoms. The Kier molecular flexibility index (Phi) is 3.07. The van der Waals surface area contributed by atoms with Gasteiger partial charge in [-0.25, -0.2) is 0 Å². The first kappa shape index (κ1) is 12.3. The van der Waals surface area contributed by atoms with Crippen LogP contribution in [0.25, 0.3) is 11.1 Å². The predicted molar refractivity (Wildman–Crippen MR) is 81.5 cm³/mol. The second-order valence-corrected chi connectivity index (χ2v) is 5.63. The number of rotatable bonds is 2. The first-order chi connectivity index (χ1) is 9.22. The van der Waals surface area contributed by atoms with Gasteiger partial charge in [-0.15, -0.1) is 11.8 Å². The van der Waals surface area contributed by atoms with Crippen LogP contribution in [-0.2, 0) is 4.79 Å². The Morgan fingerprint density at radius 1 is 1.11 bits per heavy atom. The molecule has 0 radical (unpaired) electrons. The Morgan fingerprint density at radius 2 is 1.84 bits per heavy atom. The van der Waals surface area contributed by atoms with Crippen molar-refractivity contribution in [2.45, 2.75) is 12.2 Å². The van der Waals surface area contributed by atoms with E-state index in [1.54, 1.807) is 11.8 Å². The van der Waals surface area contributed by atoms with Crippen LogP contribution in [0, 0.1) is 6.92 Å². The van der Waals surface area contributed by atoms with Crippen LogP contribution in [0.3, 0.4) is 0 Å². The van der Waals surface area contributed by atoms with Crippen molar-refractivity contribution in [3.8, 4) is 11.1 Å². The van der Waals surface area contributed by atoms with E-state index in [-0.39, 0.29) is 11.2 Å². The number of hydrogen-bond acceptors (Lipinski definition) is 2. The molecule has 2 aromatic carbocycles. The van der Waals surface area contributed by atoms with E-state index < -0.39 is 0 Å². The number of nitrogens with one attached hydrogen (secondary N) is 1. The fourth-order valence-corrected chi connectivity index (χ4v) is 3.41. The molecule has 0 saturated carbocycles. The van der Waals surface area contributed by atoms with Gasteiger partial charge in [-0.2, -0.15) is 0 Å². The topological polar surface area (TPSA) is 29.1 Å². The molecule has 96 valence electrons. The minimum absolute atomic E-state index is 0.0846. The van der Waals surface area contributed by atoms with Gasteiger partial charge in [0.25, 0.3) is 0 Å². The Labute approximate surface area is 117 Å². The molecule has 19 heavy (non-hydrogen) atoms. The Balaban J connectivity index is 2.21. The van der Waals surface area contributed by atoms with Crippen LogP contribution < -0.4 is 5.32 Å². The molecule has 2 nitrogen and oxygen atoms in total. The SMILES string of the molecule is CSC1C(=O)Nc2c(-c3ccccc3)ccc(C)c21. The Hall–Kier alpha value is -1.74. The minimum Gasteiger partial charge on any atom is -0.324 e. The average molecular weight is 269 g/mol. The van der Waals surface area contributed by atoms with Crippen LogP contribution in [0.4, 0.5) is 5.69 Å². The number of fused-ring (bicyclic) bond motifs is 1. The molecule has 1 N–H and O–H groups in total. The van der Waals surface area contributed by atoms with Crippen molar-refractivity contribution >= 4 is 23.4 Å². The molecule has 3 rings (SSSR count). The van der Waals surface area contributed by atoms with E-state index in [9.17, 15) is 4.79 Å². The highest BCUT2D eigenvalue weighted by Crippen LogP contribution is 2.45. The number of hydrogen-bond donors (Lipinski definition) is 1. The number of thioether (sulfide) groups is 1. The number of amides is 1. The summed E-state index contributed by atoms with van der Waals surface area (Å²) in [5.74, 6) is 0.0916. The van der Waals surface area contributed by atoms with E-state index in [1.165, 1.54) is 5.56 Å². The van der Waals surface area contributed by atoms with Crippen LogP contribution in [0.5, 0.6) is 0 Å². The molecule has 0 aliphatic carbocycles. The lowest BCUT2D eigenvalue weighted by Crippen LogP contribution is -2.08. The summed E-state index contributed by atoms with van der Waals surface area (Å²) in [6.45, 7) is 2.07. The third-order valence-corrected chi connectivity index (χ3v) is 4.45. The quantitative estimate of drug-likeness (QED) is 0.892. The molecule has 0 spiro atoms. The molecule has 1 unspecified atom stereocenters. The van der Waals surface area contributed by atoms with Crippen molar-refractivity contribution in [3.63, 3.8) is 0 Å². The molecular weight excluding hydrogens is 254 g/mol. The molecule has 2 aromatic rings. The van der Waals surface area contributed by atoms with Gasteiger partial charge >= 0.3 is 0 Å². The fraction of sp³-hybridized carbons (Fsp3) is 0.188. The first-order valence-corrected chi connectivity index (χ1v) is 7.53. The fourth-order valence-electron chi connectivity index (χ4n) is 2.60. The molecule has 1 aliphatic rings. The number of aryl methyl sites for hydroxylation is 1. The maximum Gasteiger partial charge on any atom is 0.242 e. The second-order valence-electron chi connectivity index (χ2n) is 4.69. The smallest absolute Gasteiger partial charge is 0.242 e. The molecular formula is C16H15NOS. The zero-order chi connectivity index (χ0) is 13.4. The maximum atomic E-state index is 12.1. The average Bonchev–Trinajstić information content (AvgIpc) is 2.77. The van der Waals surface area contributed by atoms with E-state index in [0.29, 0.717) is 0 Å². The van der Waals surface area contributed by atoms with Crippen LogP contribution in [0.2, 0.25) is 0 Å². The lowest BCUT2D eigenvalue weighted by molar-refractivity contribution is -0.115. The molecule has 1 atom stereocenters. The monoisotopic (exact) mass is 269 g/mol. The van der Waals surface area contributed by atoms with Crippen molar-refractivity contribution in [1.29, 1.82) is 0 Å². The van der Waals surface area contributed by atoms with Gasteiger partial charge in [0.2, 0.25) is 5.91 Å². The molecule has 0 saturated heterocycles. The van der Waals surface area contributed by atoms with E-state index in [2.05, 4.69) is 36.5 Å². The molecule has 3 heteroatoms. The van der Waals surface area contributed by atoms with Crippen LogP contribution in [0.1, 0.15) is 16.4 Å². The normalized spacial score (nSPS) is 17.2. The second kappa shape index (κ2) is 4.74. The van der Waals surface area contributed by atoms with Gasteiger partial charge in [0, 0.05) is 11.1 Å². The highest BCUT2D eigenvalue weighted by Gasteiger charge is 2.33. The minimum atomic E-state index is -0.0846. The summed E-state index contributed by atoms with van der Waals surface area (Å²) in [6.07, 6.45) is 1.98. The third-order valence-electron chi connectivity index (χ3n) is 3.53. The number of anilines is 1. The summed E-state index contributed by atoms with van der Waals surface area (Å²) in [6, 6.07) is 14.4. The van der Waals surface area contributed by atoms with Crippen LogP contribution in [0.15, 0.2) is 42.5 Å². The highest BCUT2D eigenvalue weighted by molar-refractivity contribution is 7.99. The maximum absolute atomic E-state index is 12.1. The summed E-state index contributed by atoms with van der Waals surface area (Å²) < 4.78 is 0. The summed E-state index contributed by atoms with van der Waals surface area (Å²) in [7, 11) is 0. The summed E-state index contributed by atoms with van der Waals surface area (Å²) in [5, 5.41) is 2.96. The van der Waals surface area contributed by atoms with Crippen LogP contribution >= 0.6 is 11.8 Å². The highest BCUT2D eigenvalue weighted by atomic mass is 32.2. The zero-order valence-corrected chi connectivity index (χ0v) is 11.8. The van der Waals surface area contributed by atoms with Gasteiger partial charge < -0.3 is 5.32 Å². The largest absolute Gasteiger partial charge is 0.324 e. The Morgan fingerprint density at radius 3 is 2.53 bits per heavy atom. The van der Waals surface area contributed by atoms with Crippen molar-refractivity contribution in [1.82, 2.24) is 0 Å². The van der Waals surface area contributed by atoms with Crippen LogP contribution in [-0.4, -0.2) is 12.2 Å². The first-order valence-electron chi connectivity index (χ1n) is 6.25. The summed E-state index contributed by atoms with van der Waals surface area (Å²) in [5.41, 5.74) is 5.54. The molecule has 1 aliphatic heterocycles. The van der Waals surface area contributed by atoms with Crippen molar-refractivity contribution in [3.05, 3.63) is 53.6 Å². The van der Waals surface area contributed by atoms with Crippen molar-refractivity contribution < 1.29 is 4.79 Å². The Bertz CT molecular complexity index is 637. The lowest BCUT2D eigenvalue weighted by Gasteiger charge is -2.12. The van der Waals surface area contributed by atoms with Gasteiger partial charge in [0.1, 0.15) is 5.25 Å². The third kappa shape index (κ3) is 1.94. The van der Waals surface area contributed by atoms with Gasteiger partial charge in [-0.3, -0.25) is 4.79 Å². The van der Waals surface area contributed by atoms with Gasteiger partial charge in [-0.1, -0.05) is 42.5 Å². The van der Waals surface area contributed by atoms with E-state index in [4.69, 9.17) is 0 Å². The zero-order valence-electron chi connectivity index (χ0n) is 10.9. The molecule has 1 amide bonds. The van der Waals surface area contributed by atoms with E-state index >= 15 is 0 Å². The number of carbonyl (C=O) groups excluding carboxylic acids is 1. The number of benzene rings is 2. The predicted octanol–water partition coefficient (Wildman–Crippen LogP) is 4.02. The standard InChI is InChI=1S/C16H15NOS/c1-10-8-9-12(11-6-4-3-5-7-11)14-13(10)15(19-2)16(18)17-14/h3-9,15H,1-2H3,(H,17,18). The lowest BCUT2D eigenvalue weighted by atomic mass is 9.97. The van der Waals surface area contributed by atoms with Crippen molar-refractivity contribution in [2.24, 2.45) is 0 Å². The summed E-state index contributed by atoms with van der Waals surface area (Å²) >= 11 is 1.59. The van der Waals surface area contributed by atoms with E-state index in [0.717, 1.165) is 22.4 Å². The molecule has 1 heterocycles. The van der Waals surface area contributed by atoms with Crippen molar-refractivity contribution in [2.75, 3.05) is 11.6 Å². The molecule has 0 aromatic heterocycles. The number of carbonyl (C=O) groups is 1. The summed E-state index contributed by atoms with van der Waals surface area (Å²) in [4.78, 5) is 12.1. The van der Waals surface area contributed by atoms with Gasteiger partial charge in [0.15, 0.2) is 0 Å². The van der Waals surface area contributed by atoms with Gasteiger partial charge in [0.05, 0.1) is 5.69 Å². The van der Waals surface area contributed by atoms with E-state index in [1.807, 2.05) is 24.5 Å². The molecule has 0 fully saturated rings. The van der Waals surface area contributed by atoms with Gasteiger partial charge in [-0.05, 0) is 24.3 Å².